The van der Waals surface area contributed by atoms with Gasteiger partial charge < -0.3 is 10.4 Å². The Kier molecular flexibility index (Phi) is 4.76. The average molecular weight is 262 g/mol. The number of aliphatic carboxylic acids is 1. The summed E-state index contributed by atoms with van der Waals surface area (Å²) in [4.78, 5) is 22.9. The lowest BCUT2D eigenvalue weighted by atomic mass is 10.1. The Labute approximate surface area is 102 Å². The van der Waals surface area contributed by atoms with Gasteiger partial charge in [-0.15, -0.1) is 11.3 Å². The van der Waals surface area contributed by atoms with Crippen molar-refractivity contribution in [2.75, 3.05) is 0 Å². The molecule has 1 aromatic rings. The summed E-state index contributed by atoms with van der Waals surface area (Å²) in [6, 6.07) is 0.757. The lowest BCUT2D eigenvalue weighted by Crippen LogP contribution is -2.40. The van der Waals surface area contributed by atoms with Crippen molar-refractivity contribution in [1.82, 2.24) is 5.32 Å². The van der Waals surface area contributed by atoms with Gasteiger partial charge in [-0.25, -0.2) is 4.79 Å². The Balaban J connectivity index is 2.69. The SMILES string of the molecule is CCC[C@@H](NC(=O)c1sccc1Cl)C(=O)O. The van der Waals surface area contributed by atoms with Crippen molar-refractivity contribution in [2.24, 2.45) is 0 Å². The van der Waals surface area contributed by atoms with E-state index < -0.39 is 17.9 Å². The minimum absolute atomic E-state index is 0.350. The molecule has 16 heavy (non-hydrogen) atoms. The molecule has 0 aliphatic heterocycles. The van der Waals surface area contributed by atoms with Gasteiger partial charge in [0.15, 0.2) is 0 Å². The number of nitrogens with one attached hydrogen (secondary N) is 1. The van der Waals surface area contributed by atoms with E-state index in [1.54, 1.807) is 11.4 Å². The van der Waals surface area contributed by atoms with Crippen LogP contribution in [0, 0.1) is 0 Å². The van der Waals surface area contributed by atoms with E-state index >= 15 is 0 Å². The number of thiophene rings is 1. The second-order valence-corrected chi connectivity index (χ2v) is 4.57. The number of rotatable bonds is 5. The molecule has 1 amide bonds. The van der Waals surface area contributed by atoms with E-state index in [4.69, 9.17) is 16.7 Å². The molecule has 0 saturated carbocycles. The molecule has 0 fully saturated rings. The number of carboxylic acid groups (broad SMARTS) is 1. The summed E-state index contributed by atoms with van der Waals surface area (Å²) < 4.78 is 0. The molecule has 0 radical (unpaired) electrons. The van der Waals surface area contributed by atoms with Crippen LogP contribution in [0.5, 0.6) is 0 Å². The summed E-state index contributed by atoms with van der Waals surface area (Å²) in [5.74, 6) is -1.45. The third-order valence-corrected chi connectivity index (χ3v) is 3.34. The molecule has 1 rings (SSSR count). The van der Waals surface area contributed by atoms with Crippen LogP contribution in [0.4, 0.5) is 0 Å². The first-order chi connectivity index (χ1) is 7.56. The van der Waals surface area contributed by atoms with E-state index in [0.29, 0.717) is 22.7 Å². The van der Waals surface area contributed by atoms with E-state index in [0.717, 1.165) is 0 Å². The minimum Gasteiger partial charge on any atom is -0.480 e. The van der Waals surface area contributed by atoms with Gasteiger partial charge in [-0.1, -0.05) is 24.9 Å². The molecular weight excluding hydrogens is 250 g/mol. The zero-order valence-electron chi connectivity index (χ0n) is 8.70. The van der Waals surface area contributed by atoms with Crippen molar-refractivity contribution in [1.29, 1.82) is 0 Å². The van der Waals surface area contributed by atoms with Crippen LogP contribution in [-0.4, -0.2) is 23.0 Å². The highest BCUT2D eigenvalue weighted by Gasteiger charge is 2.21. The molecule has 1 aromatic heterocycles. The monoisotopic (exact) mass is 261 g/mol. The van der Waals surface area contributed by atoms with Gasteiger partial charge in [0.05, 0.1) is 5.02 Å². The Bertz CT molecular complexity index is 391. The highest BCUT2D eigenvalue weighted by atomic mass is 35.5. The summed E-state index contributed by atoms with van der Waals surface area (Å²) in [7, 11) is 0. The molecule has 88 valence electrons. The van der Waals surface area contributed by atoms with Crippen molar-refractivity contribution >= 4 is 34.8 Å². The third-order valence-electron chi connectivity index (χ3n) is 2.00. The van der Waals surface area contributed by atoms with E-state index in [1.165, 1.54) is 11.3 Å². The molecule has 6 heteroatoms. The first kappa shape index (κ1) is 13.0. The van der Waals surface area contributed by atoms with Crippen LogP contribution in [-0.2, 0) is 4.79 Å². The molecule has 1 atom stereocenters. The average Bonchev–Trinajstić information content (AvgIpc) is 2.63. The Hall–Kier alpha value is -1.07. The number of amides is 1. The van der Waals surface area contributed by atoms with Gasteiger partial charge in [0.2, 0.25) is 0 Å². The Morgan fingerprint density at radius 1 is 1.62 bits per heavy atom. The van der Waals surface area contributed by atoms with Gasteiger partial charge in [-0.3, -0.25) is 4.79 Å². The predicted molar refractivity (Wildman–Crippen MR) is 63.1 cm³/mol. The summed E-state index contributed by atoms with van der Waals surface area (Å²) >= 11 is 6.97. The van der Waals surface area contributed by atoms with Gasteiger partial charge in [0.25, 0.3) is 5.91 Å². The number of hydrogen-bond donors (Lipinski definition) is 2. The molecule has 0 aliphatic rings. The maximum Gasteiger partial charge on any atom is 0.326 e. The first-order valence-corrected chi connectivity index (χ1v) is 6.08. The molecule has 0 spiro atoms. The fourth-order valence-corrected chi connectivity index (χ4v) is 2.27. The molecular formula is C10H12ClNO3S. The lowest BCUT2D eigenvalue weighted by molar-refractivity contribution is -0.139. The molecule has 0 bridgehead atoms. The van der Waals surface area contributed by atoms with Crippen molar-refractivity contribution < 1.29 is 14.7 Å². The number of carbonyl (C=O) groups is 2. The van der Waals surface area contributed by atoms with Crippen molar-refractivity contribution in [2.45, 2.75) is 25.8 Å². The normalized spacial score (nSPS) is 12.1. The summed E-state index contributed by atoms with van der Waals surface area (Å²) in [6.45, 7) is 1.86. The van der Waals surface area contributed by atoms with Crippen LogP contribution in [0.2, 0.25) is 5.02 Å². The van der Waals surface area contributed by atoms with Gasteiger partial charge in [-0.05, 0) is 17.9 Å². The quantitative estimate of drug-likeness (QED) is 0.855. The zero-order chi connectivity index (χ0) is 12.1. The highest BCUT2D eigenvalue weighted by molar-refractivity contribution is 7.12. The lowest BCUT2D eigenvalue weighted by Gasteiger charge is -2.12. The predicted octanol–water partition coefficient (Wildman–Crippen LogP) is 2.38. The fraction of sp³-hybridized carbons (Fsp3) is 0.400. The van der Waals surface area contributed by atoms with Gasteiger partial charge in [-0.2, -0.15) is 0 Å². The van der Waals surface area contributed by atoms with E-state index in [9.17, 15) is 9.59 Å². The highest BCUT2D eigenvalue weighted by Crippen LogP contribution is 2.21. The molecule has 4 nitrogen and oxygen atoms in total. The van der Waals surface area contributed by atoms with Crippen LogP contribution >= 0.6 is 22.9 Å². The van der Waals surface area contributed by atoms with E-state index in [2.05, 4.69) is 5.32 Å². The summed E-state index contributed by atoms with van der Waals surface area (Å²) in [5, 5.41) is 13.4. The van der Waals surface area contributed by atoms with Crippen molar-refractivity contribution in [3.05, 3.63) is 21.3 Å². The van der Waals surface area contributed by atoms with E-state index in [-0.39, 0.29) is 0 Å². The van der Waals surface area contributed by atoms with Crippen LogP contribution in [0.1, 0.15) is 29.4 Å². The molecule has 0 unspecified atom stereocenters. The molecule has 0 aliphatic carbocycles. The Morgan fingerprint density at radius 3 is 2.75 bits per heavy atom. The molecule has 0 aromatic carbocycles. The topological polar surface area (TPSA) is 66.4 Å². The number of carbonyl (C=O) groups excluding carboxylic acids is 1. The van der Waals surface area contributed by atoms with Gasteiger partial charge in [0, 0.05) is 0 Å². The third kappa shape index (κ3) is 3.21. The minimum atomic E-state index is -1.03. The Morgan fingerprint density at radius 2 is 2.31 bits per heavy atom. The smallest absolute Gasteiger partial charge is 0.326 e. The number of halogens is 1. The van der Waals surface area contributed by atoms with Gasteiger partial charge in [0.1, 0.15) is 10.9 Å². The van der Waals surface area contributed by atoms with Gasteiger partial charge >= 0.3 is 5.97 Å². The first-order valence-electron chi connectivity index (χ1n) is 4.83. The van der Waals surface area contributed by atoms with E-state index in [1.807, 2.05) is 6.92 Å². The number of carboxylic acids is 1. The zero-order valence-corrected chi connectivity index (χ0v) is 10.3. The second-order valence-electron chi connectivity index (χ2n) is 3.25. The standard InChI is InChI=1S/C10H12ClNO3S/c1-2-3-7(10(14)15)12-9(13)8-6(11)4-5-16-8/h4-5,7H,2-3H2,1H3,(H,12,13)(H,14,15)/t7-/m1/s1. The summed E-state index contributed by atoms with van der Waals surface area (Å²) in [5.41, 5.74) is 0. The number of hydrogen-bond acceptors (Lipinski definition) is 3. The largest absolute Gasteiger partial charge is 0.480 e. The molecule has 2 N–H and O–H groups in total. The maximum atomic E-state index is 11.7. The molecule has 0 saturated heterocycles. The fourth-order valence-electron chi connectivity index (χ4n) is 1.23. The van der Waals surface area contributed by atoms with Crippen molar-refractivity contribution in [3.8, 4) is 0 Å². The maximum absolute atomic E-state index is 11.7. The van der Waals surface area contributed by atoms with Crippen LogP contribution < -0.4 is 5.32 Å². The van der Waals surface area contributed by atoms with Crippen molar-refractivity contribution in [3.63, 3.8) is 0 Å². The second kappa shape index (κ2) is 5.86. The van der Waals surface area contributed by atoms with Crippen LogP contribution in [0.25, 0.3) is 0 Å². The summed E-state index contributed by atoms with van der Waals surface area (Å²) in [6.07, 6.45) is 1.10. The van der Waals surface area contributed by atoms with Crippen LogP contribution in [0.15, 0.2) is 11.4 Å². The molecule has 1 heterocycles. The van der Waals surface area contributed by atoms with Crippen LogP contribution in [0.3, 0.4) is 0 Å².